The van der Waals surface area contributed by atoms with E-state index in [2.05, 4.69) is 16.7 Å². The van der Waals surface area contributed by atoms with Gasteiger partial charge in [0.15, 0.2) is 6.10 Å². The number of ether oxygens (including phenoxy) is 2. The lowest BCUT2D eigenvalue weighted by Gasteiger charge is -2.32. The second kappa shape index (κ2) is 11.5. The van der Waals surface area contributed by atoms with E-state index in [0.717, 1.165) is 52.1 Å². The highest BCUT2D eigenvalue weighted by Crippen LogP contribution is 2.40. The molecule has 4 rings (SSSR count). The molecule has 1 aromatic heterocycles. The van der Waals surface area contributed by atoms with E-state index < -0.39 is 17.7 Å². The van der Waals surface area contributed by atoms with Crippen LogP contribution in [0.5, 0.6) is 5.75 Å². The van der Waals surface area contributed by atoms with Crippen LogP contribution in [0, 0.1) is 13.8 Å². The average Bonchev–Trinajstić information content (AvgIpc) is 3.25. The van der Waals surface area contributed by atoms with E-state index >= 15 is 0 Å². The number of rotatable bonds is 9. The zero-order chi connectivity index (χ0) is 28.3. The van der Waals surface area contributed by atoms with E-state index in [1.54, 1.807) is 7.05 Å². The Kier molecular flexibility index (Phi) is 8.31. The van der Waals surface area contributed by atoms with Crippen LogP contribution >= 0.6 is 0 Å². The second-order valence-electron chi connectivity index (χ2n) is 11.0. The molecule has 1 aliphatic rings. The molecule has 3 aromatic rings. The molecule has 0 saturated carbocycles. The Morgan fingerprint density at radius 2 is 1.85 bits per heavy atom. The summed E-state index contributed by atoms with van der Waals surface area (Å²) in [5.74, 6) is -0.308. The number of hydrogen-bond donors (Lipinski definition) is 1. The van der Waals surface area contributed by atoms with Crippen molar-refractivity contribution in [1.82, 2.24) is 9.47 Å². The van der Waals surface area contributed by atoms with Crippen molar-refractivity contribution < 1.29 is 24.2 Å². The van der Waals surface area contributed by atoms with Crippen LogP contribution in [0.15, 0.2) is 60.4 Å². The Balaban J connectivity index is 2.02. The SMILES string of the molecule is Cc1c(/C(=C(\C(OC(C)(C)C)C(=O)O)N(C)C=O)c2ccn(Cc3ccccc3)c2C)ccc2c1CCCO2. The Bertz CT molecular complexity index is 1380. The number of likely N-dealkylation sites (N-methyl/N-ethyl adjacent to an activating group) is 1. The molecular weight excluding hydrogens is 492 g/mol. The van der Waals surface area contributed by atoms with Gasteiger partial charge in [0.25, 0.3) is 0 Å². The van der Waals surface area contributed by atoms with E-state index in [4.69, 9.17) is 9.47 Å². The van der Waals surface area contributed by atoms with E-state index in [9.17, 15) is 14.7 Å². The molecule has 1 atom stereocenters. The first-order chi connectivity index (χ1) is 18.5. The second-order valence-corrected chi connectivity index (χ2v) is 11.0. The third-order valence-electron chi connectivity index (χ3n) is 7.10. The summed E-state index contributed by atoms with van der Waals surface area (Å²) < 4.78 is 14.2. The maximum Gasteiger partial charge on any atom is 0.339 e. The predicted octanol–water partition coefficient (Wildman–Crippen LogP) is 5.59. The first kappa shape index (κ1) is 28.2. The van der Waals surface area contributed by atoms with Crippen molar-refractivity contribution in [3.05, 3.63) is 93.9 Å². The molecule has 0 aliphatic carbocycles. The van der Waals surface area contributed by atoms with Gasteiger partial charge in [-0.15, -0.1) is 0 Å². The summed E-state index contributed by atoms with van der Waals surface area (Å²) in [4.78, 5) is 26.3. The smallest absolute Gasteiger partial charge is 0.339 e. The number of carbonyl (C=O) groups is 2. The van der Waals surface area contributed by atoms with Crippen LogP contribution in [0.25, 0.3) is 5.57 Å². The topological polar surface area (TPSA) is 81.0 Å². The highest BCUT2D eigenvalue weighted by molar-refractivity contribution is 5.91. The monoisotopic (exact) mass is 530 g/mol. The van der Waals surface area contributed by atoms with Crippen LogP contribution in [0.2, 0.25) is 0 Å². The van der Waals surface area contributed by atoms with Gasteiger partial charge in [-0.1, -0.05) is 36.4 Å². The van der Waals surface area contributed by atoms with Crippen LogP contribution in [0.3, 0.4) is 0 Å². The molecule has 0 spiro atoms. The van der Waals surface area contributed by atoms with Crippen LogP contribution in [0.1, 0.15) is 60.7 Å². The van der Waals surface area contributed by atoms with E-state index in [-0.39, 0.29) is 5.70 Å². The van der Waals surface area contributed by atoms with Crippen LogP contribution in [0.4, 0.5) is 0 Å². The summed E-state index contributed by atoms with van der Waals surface area (Å²) in [6, 6.07) is 16.1. The zero-order valence-electron chi connectivity index (χ0n) is 23.7. The highest BCUT2D eigenvalue weighted by atomic mass is 16.5. The van der Waals surface area contributed by atoms with Crippen molar-refractivity contribution >= 4 is 18.0 Å². The van der Waals surface area contributed by atoms with Gasteiger partial charge in [0.1, 0.15) is 5.75 Å². The number of fused-ring (bicyclic) bond motifs is 1. The first-order valence-corrected chi connectivity index (χ1v) is 13.3. The zero-order valence-corrected chi connectivity index (χ0v) is 23.7. The summed E-state index contributed by atoms with van der Waals surface area (Å²) in [7, 11) is 1.58. The molecule has 1 amide bonds. The molecule has 0 fully saturated rings. The fraction of sp³-hybridized carbons (Fsp3) is 0.375. The van der Waals surface area contributed by atoms with Gasteiger partial charge in [0, 0.05) is 36.6 Å². The number of carboxylic acid groups (broad SMARTS) is 1. The van der Waals surface area contributed by atoms with Crippen molar-refractivity contribution in [3.63, 3.8) is 0 Å². The van der Waals surface area contributed by atoms with Gasteiger partial charge in [-0.2, -0.15) is 0 Å². The highest BCUT2D eigenvalue weighted by Gasteiger charge is 2.35. The van der Waals surface area contributed by atoms with E-state index in [0.29, 0.717) is 25.1 Å². The molecule has 0 radical (unpaired) electrons. The largest absolute Gasteiger partial charge is 0.493 e. The number of nitrogens with zero attached hydrogens (tertiary/aromatic N) is 2. The number of aliphatic carboxylic acids is 1. The fourth-order valence-electron chi connectivity index (χ4n) is 5.19. The molecule has 7 nitrogen and oxygen atoms in total. The molecule has 0 saturated heterocycles. The van der Waals surface area contributed by atoms with Gasteiger partial charge in [-0.05, 0) is 81.8 Å². The molecule has 39 heavy (non-hydrogen) atoms. The predicted molar refractivity (Wildman–Crippen MR) is 152 cm³/mol. The first-order valence-electron chi connectivity index (χ1n) is 13.3. The van der Waals surface area contributed by atoms with Crippen LogP contribution in [-0.4, -0.2) is 52.3 Å². The number of carboxylic acids is 1. The maximum atomic E-state index is 12.7. The van der Waals surface area contributed by atoms with Gasteiger partial charge < -0.3 is 24.0 Å². The summed E-state index contributed by atoms with van der Waals surface area (Å²) in [5.41, 5.74) is 6.10. The third kappa shape index (κ3) is 6.09. The normalized spacial score (nSPS) is 14.6. The van der Waals surface area contributed by atoms with Crippen LogP contribution in [-0.2, 0) is 27.3 Å². The Morgan fingerprint density at radius 1 is 1.13 bits per heavy atom. The minimum absolute atomic E-state index is 0.285. The minimum atomic E-state index is -1.38. The molecule has 1 N–H and O–H groups in total. The number of benzene rings is 2. The third-order valence-corrected chi connectivity index (χ3v) is 7.10. The van der Waals surface area contributed by atoms with Crippen molar-refractivity contribution in [2.45, 2.75) is 65.7 Å². The fourth-order valence-corrected chi connectivity index (χ4v) is 5.19. The lowest BCUT2D eigenvalue weighted by atomic mass is 9.87. The van der Waals surface area contributed by atoms with Crippen molar-refractivity contribution in [1.29, 1.82) is 0 Å². The summed E-state index contributed by atoms with van der Waals surface area (Å²) in [5, 5.41) is 10.4. The van der Waals surface area contributed by atoms with E-state index in [1.807, 2.05) is 77.2 Å². The number of aromatic nitrogens is 1. The van der Waals surface area contributed by atoms with Gasteiger partial charge in [0.2, 0.25) is 6.41 Å². The molecule has 2 aromatic carbocycles. The molecule has 2 heterocycles. The Morgan fingerprint density at radius 3 is 2.49 bits per heavy atom. The Hall–Kier alpha value is -3.84. The number of amides is 1. The minimum Gasteiger partial charge on any atom is -0.493 e. The Labute approximate surface area is 230 Å². The van der Waals surface area contributed by atoms with Crippen molar-refractivity contribution in [2.75, 3.05) is 13.7 Å². The molecule has 7 heteroatoms. The maximum absolute atomic E-state index is 12.7. The average molecular weight is 531 g/mol. The summed E-state index contributed by atoms with van der Waals surface area (Å²) >= 11 is 0. The van der Waals surface area contributed by atoms with Gasteiger partial charge in [-0.3, -0.25) is 4.79 Å². The van der Waals surface area contributed by atoms with Gasteiger partial charge in [0.05, 0.1) is 17.9 Å². The number of carbonyl (C=O) groups excluding carboxylic acids is 1. The molecule has 1 unspecified atom stereocenters. The molecule has 206 valence electrons. The molecular formula is C32H38N2O5. The lowest BCUT2D eigenvalue weighted by molar-refractivity contribution is -0.157. The van der Waals surface area contributed by atoms with Crippen molar-refractivity contribution in [2.24, 2.45) is 0 Å². The van der Waals surface area contributed by atoms with E-state index in [1.165, 1.54) is 4.90 Å². The molecule has 0 bridgehead atoms. The standard InChI is InChI=1S/C32H38N2O5/c1-21-24-13-10-18-38-27(24)15-14-25(21)28(29(33(6)20-35)30(31(36)37)39-32(3,4)5)26-16-17-34(22(26)2)19-23-11-8-7-9-12-23/h7-9,11-12,14-17,20,30H,10,13,18-19H2,1-6H3,(H,36,37)/b29-28-. The van der Waals surface area contributed by atoms with Gasteiger partial charge in [-0.25, -0.2) is 4.79 Å². The summed E-state index contributed by atoms with van der Waals surface area (Å²) in [6.45, 7) is 10.8. The molecule has 1 aliphatic heterocycles. The quantitative estimate of drug-likeness (QED) is 0.365. The number of hydrogen-bond acceptors (Lipinski definition) is 4. The lowest BCUT2D eigenvalue weighted by Crippen LogP contribution is -2.40. The van der Waals surface area contributed by atoms with Crippen molar-refractivity contribution in [3.8, 4) is 5.75 Å². The summed E-state index contributed by atoms with van der Waals surface area (Å²) in [6.07, 6.45) is 3.06. The van der Waals surface area contributed by atoms with Gasteiger partial charge >= 0.3 is 5.97 Å². The van der Waals surface area contributed by atoms with Crippen LogP contribution < -0.4 is 4.74 Å².